The minimum atomic E-state index is -0.112. The SMILES string of the molecule is Nc1nc(Nc2ccc(Br)cc2)sc1C(=O)c1ccccc1. The summed E-state index contributed by atoms with van der Waals surface area (Å²) in [4.78, 5) is 17.1. The second-order valence-electron chi connectivity index (χ2n) is 4.56. The number of carbonyl (C=O) groups excluding carboxylic acids is 1. The Kier molecular flexibility index (Phi) is 4.22. The summed E-state index contributed by atoms with van der Waals surface area (Å²) in [5.74, 6) is 0.137. The van der Waals surface area contributed by atoms with Crippen LogP contribution < -0.4 is 11.1 Å². The molecule has 0 saturated carbocycles. The van der Waals surface area contributed by atoms with Crippen LogP contribution in [0.3, 0.4) is 0 Å². The fourth-order valence-corrected chi connectivity index (χ4v) is 3.06. The van der Waals surface area contributed by atoms with Gasteiger partial charge in [-0.1, -0.05) is 57.6 Å². The maximum Gasteiger partial charge on any atom is 0.206 e. The van der Waals surface area contributed by atoms with Gasteiger partial charge in [-0.25, -0.2) is 4.98 Å². The third-order valence-corrected chi connectivity index (χ3v) is 4.51. The smallest absolute Gasteiger partial charge is 0.206 e. The molecule has 0 radical (unpaired) electrons. The minimum Gasteiger partial charge on any atom is -0.382 e. The number of anilines is 3. The number of nitrogens with one attached hydrogen (secondary N) is 1. The first-order valence-corrected chi connectivity index (χ1v) is 8.13. The first-order valence-electron chi connectivity index (χ1n) is 6.52. The maximum absolute atomic E-state index is 12.4. The lowest BCUT2D eigenvalue weighted by Gasteiger charge is -2.01. The molecule has 0 aliphatic heterocycles. The topological polar surface area (TPSA) is 68.0 Å². The normalized spacial score (nSPS) is 10.4. The lowest BCUT2D eigenvalue weighted by Crippen LogP contribution is -2.02. The Bertz CT molecular complexity index is 800. The summed E-state index contributed by atoms with van der Waals surface area (Å²) in [6.07, 6.45) is 0. The fraction of sp³-hybridized carbons (Fsp3) is 0. The standard InChI is InChI=1S/C16H12BrN3OS/c17-11-6-8-12(9-7-11)19-16-20-15(18)14(22-16)13(21)10-4-2-1-3-5-10/h1-9H,18H2,(H,19,20). The van der Waals surface area contributed by atoms with Gasteiger partial charge in [-0.2, -0.15) is 0 Å². The zero-order valence-electron chi connectivity index (χ0n) is 11.4. The van der Waals surface area contributed by atoms with Crippen molar-refractivity contribution in [2.45, 2.75) is 0 Å². The number of hydrogen-bond acceptors (Lipinski definition) is 5. The van der Waals surface area contributed by atoms with Crippen LogP contribution in [0.4, 0.5) is 16.6 Å². The Morgan fingerprint density at radius 1 is 1.09 bits per heavy atom. The van der Waals surface area contributed by atoms with Gasteiger partial charge in [0.2, 0.25) is 5.78 Å². The third-order valence-electron chi connectivity index (χ3n) is 2.99. The van der Waals surface area contributed by atoms with E-state index in [1.165, 1.54) is 11.3 Å². The van der Waals surface area contributed by atoms with E-state index in [0.717, 1.165) is 10.2 Å². The van der Waals surface area contributed by atoms with Gasteiger partial charge in [-0.3, -0.25) is 4.79 Å². The fourth-order valence-electron chi connectivity index (χ4n) is 1.93. The molecule has 1 heterocycles. The number of aromatic nitrogens is 1. The summed E-state index contributed by atoms with van der Waals surface area (Å²) in [6, 6.07) is 16.7. The van der Waals surface area contributed by atoms with Crippen molar-refractivity contribution in [1.82, 2.24) is 4.98 Å². The molecule has 0 fully saturated rings. The summed E-state index contributed by atoms with van der Waals surface area (Å²) >= 11 is 4.64. The van der Waals surface area contributed by atoms with E-state index in [1.807, 2.05) is 42.5 Å². The van der Waals surface area contributed by atoms with E-state index in [-0.39, 0.29) is 11.6 Å². The van der Waals surface area contributed by atoms with E-state index < -0.39 is 0 Å². The number of carbonyl (C=O) groups is 1. The average Bonchev–Trinajstić information content (AvgIpc) is 2.90. The van der Waals surface area contributed by atoms with Gasteiger partial charge in [-0.15, -0.1) is 0 Å². The number of nitrogens with zero attached hydrogens (tertiary/aromatic N) is 1. The summed E-state index contributed by atoms with van der Waals surface area (Å²) in [5, 5.41) is 3.75. The predicted octanol–water partition coefficient (Wildman–Crippen LogP) is 4.46. The number of hydrogen-bond donors (Lipinski definition) is 2. The second kappa shape index (κ2) is 6.29. The number of halogens is 1. The molecule has 0 aliphatic rings. The molecule has 3 N–H and O–H groups in total. The molecule has 110 valence electrons. The van der Waals surface area contributed by atoms with Crippen molar-refractivity contribution in [3.8, 4) is 0 Å². The van der Waals surface area contributed by atoms with Crippen LogP contribution in [0.5, 0.6) is 0 Å². The molecule has 3 rings (SSSR count). The number of nitrogens with two attached hydrogens (primary N) is 1. The number of nitrogen functional groups attached to an aromatic ring is 1. The molecule has 4 nitrogen and oxygen atoms in total. The molecule has 0 atom stereocenters. The lowest BCUT2D eigenvalue weighted by molar-refractivity contribution is 0.104. The largest absolute Gasteiger partial charge is 0.382 e. The van der Waals surface area contributed by atoms with Crippen LogP contribution in [0.2, 0.25) is 0 Å². The molecule has 22 heavy (non-hydrogen) atoms. The second-order valence-corrected chi connectivity index (χ2v) is 6.48. The molecule has 1 aromatic heterocycles. The van der Waals surface area contributed by atoms with Gasteiger partial charge in [0.15, 0.2) is 5.13 Å². The average molecular weight is 374 g/mol. The van der Waals surface area contributed by atoms with E-state index in [2.05, 4.69) is 26.2 Å². The summed E-state index contributed by atoms with van der Waals surface area (Å²) in [5.41, 5.74) is 7.38. The van der Waals surface area contributed by atoms with E-state index in [4.69, 9.17) is 5.73 Å². The van der Waals surface area contributed by atoms with Crippen LogP contribution in [-0.2, 0) is 0 Å². The molecular weight excluding hydrogens is 362 g/mol. The maximum atomic E-state index is 12.4. The van der Waals surface area contributed by atoms with Crippen molar-refractivity contribution in [3.05, 3.63) is 69.5 Å². The van der Waals surface area contributed by atoms with Crippen molar-refractivity contribution in [3.63, 3.8) is 0 Å². The molecule has 2 aromatic carbocycles. The van der Waals surface area contributed by atoms with Gasteiger partial charge >= 0.3 is 0 Å². The number of thiazole rings is 1. The van der Waals surface area contributed by atoms with Gasteiger partial charge in [0.25, 0.3) is 0 Å². The zero-order chi connectivity index (χ0) is 15.5. The Morgan fingerprint density at radius 2 is 1.77 bits per heavy atom. The van der Waals surface area contributed by atoms with Gasteiger partial charge in [0.05, 0.1) is 0 Å². The summed E-state index contributed by atoms with van der Waals surface area (Å²) < 4.78 is 0.997. The van der Waals surface area contributed by atoms with Crippen LogP contribution in [-0.4, -0.2) is 10.8 Å². The van der Waals surface area contributed by atoms with Crippen LogP contribution >= 0.6 is 27.3 Å². The Labute approximate surface area is 140 Å². The van der Waals surface area contributed by atoms with Crippen molar-refractivity contribution in [2.75, 3.05) is 11.1 Å². The van der Waals surface area contributed by atoms with E-state index in [1.54, 1.807) is 12.1 Å². The summed E-state index contributed by atoms with van der Waals surface area (Å²) in [7, 11) is 0. The molecule has 0 bridgehead atoms. The Balaban J connectivity index is 1.85. The summed E-state index contributed by atoms with van der Waals surface area (Å²) in [6.45, 7) is 0. The van der Waals surface area contributed by atoms with Gasteiger partial charge in [-0.05, 0) is 24.3 Å². The molecule has 0 saturated heterocycles. The van der Waals surface area contributed by atoms with E-state index >= 15 is 0 Å². The lowest BCUT2D eigenvalue weighted by atomic mass is 10.1. The minimum absolute atomic E-state index is 0.112. The van der Waals surface area contributed by atoms with Crippen molar-refractivity contribution in [1.29, 1.82) is 0 Å². The van der Waals surface area contributed by atoms with Crippen molar-refractivity contribution < 1.29 is 4.79 Å². The highest BCUT2D eigenvalue weighted by Gasteiger charge is 2.17. The molecule has 0 amide bonds. The molecule has 0 unspecified atom stereocenters. The van der Waals surface area contributed by atoms with Crippen LogP contribution in [0.25, 0.3) is 0 Å². The molecular formula is C16H12BrN3OS. The number of benzene rings is 2. The Morgan fingerprint density at radius 3 is 2.45 bits per heavy atom. The van der Waals surface area contributed by atoms with Gasteiger partial charge < -0.3 is 11.1 Å². The number of ketones is 1. The van der Waals surface area contributed by atoms with Crippen molar-refractivity contribution in [2.24, 2.45) is 0 Å². The molecule has 6 heteroatoms. The van der Waals surface area contributed by atoms with Gasteiger partial charge in [0.1, 0.15) is 10.7 Å². The molecule has 3 aromatic rings. The number of rotatable bonds is 4. The van der Waals surface area contributed by atoms with Crippen molar-refractivity contribution >= 4 is 49.7 Å². The van der Waals surface area contributed by atoms with E-state index in [0.29, 0.717) is 15.6 Å². The first kappa shape index (κ1) is 14.7. The van der Waals surface area contributed by atoms with Crippen LogP contribution in [0.1, 0.15) is 15.2 Å². The van der Waals surface area contributed by atoms with Crippen LogP contribution in [0, 0.1) is 0 Å². The van der Waals surface area contributed by atoms with Crippen LogP contribution in [0.15, 0.2) is 59.1 Å². The predicted molar refractivity (Wildman–Crippen MR) is 93.8 cm³/mol. The quantitative estimate of drug-likeness (QED) is 0.662. The molecule has 0 aliphatic carbocycles. The third kappa shape index (κ3) is 3.18. The molecule has 0 spiro atoms. The first-order chi connectivity index (χ1) is 10.6. The van der Waals surface area contributed by atoms with E-state index in [9.17, 15) is 4.79 Å². The Hall–Kier alpha value is -2.18. The van der Waals surface area contributed by atoms with Gasteiger partial charge in [0, 0.05) is 15.7 Å². The highest BCUT2D eigenvalue weighted by molar-refractivity contribution is 9.10. The monoisotopic (exact) mass is 373 g/mol. The zero-order valence-corrected chi connectivity index (χ0v) is 13.8. The highest BCUT2D eigenvalue weighted by Crippen LogP contribution is 2.29. The highest BCUT2D eigenvalue weighted by atomic mass is 79.9.